The monoisotopic (exact) mass is 413 g/mol. The average molecular weight is 414 g/mol. The number of ether oxygens (including phenoxy) is 2. The molecule has 2 rings (SSSR count). The molecule has 1 saturated heterocycles. The van der Waals surface area contributed by atoms with Crippen LogP contribution in [0.3, 0.4) is 0 Å². The second kappa shape index (κ2) is 7.64. The van der Waals surface area contributed by atoms with Crippen LogP contribution in [0, 0.1) is 0 Å². The van der Waals surface area contributed by atoms with E-state index in [-0.39, 0.29) is 19.1 Å². The number of amides is 1. The lowest BCUT2D eigenvalue weighted by Crippen LogP contribution is -2.43. The molecule has 0 unspecified atom stereocenters. The van der Waals surface area contributed by atoms with Crippen molar-refractivity contribution in [1.29, 1.82) is 0 Å². The maximum atomic E-state index is 12.3. The summed E-state index contributed by atoms with van der Waals surface area (Å²) in [6.07, 6.45) is 0.00516. The van der Waals surface area contributed by atoms with Gasteiger partial charge in [0.15, 0.2) is 0 Å². The third kappa shape index (κ3) is 5.11. The van der Waals surface area contributed by atoms with E-state index in [1.165, 1.54) is 4.90 Å². The summed E-state index contributed by atoms with van der Waals surface area (Å²) in [6, 6.07) is 4.77. The third-order valence-corrected chi connectivity index (χ3v) is 4.37. The van der Waals surface area contributed by atoms with Gasteiger partial charge in [-0.05, 0) is 51.0 Å². The summed E-state index contributed by atoms with van der Waals surface area (Å²) in [5.41, 5.74) is 0.345. The summed E-state index contributed by atoms with van der Waals surface area (Å²) in [7, 11) is 0. The summed E-state index contributed by atoms with van der Waals surface area (Å²) in [4.78, 5) is 25.1. The van der Waals surface area contributed by atoms with Crippen molar-refractivity contribution >= 4 is 28.0 Å². The zero-order chi connectivity index (χ0) is 18.8. The number of likely N-dealkylation sites (tertiary alicyclic amines) is 1. The van der Waals surface area contributed by atoms with Gasteiger partial charge in [0.1, 0.15) is 23.5 Å². The maximum absolute atomic E-state index is 12.3. The number of carboxylic acids is 1. The fraction of sp³-hybridized carbons (Fsp3) is 0.556. The number of hydrogen-bond donors (Lipinski definition) is 1. The van der Waals surface area contributed by atoms with E-state index < -0.39 is 23.7 Å². The molecule has 0 aliphatic carbocycles. The molecule has 7 heteroatoms. The second-order valence-corrected chi connectivity index (χ2v) is 7.98. The molecule has 1 heterocycles. The van der Waals surface area contributed by atoms with Crippen molar-refractivity contribution in [2.45, 2.75) is 58.3 Å². The molecule has 0 saturated carbocycles. The van der Waals surface area contributed by atoms with Gasteiger partial charge in [-0.2, -0.15) is 0 Å². The molecule has 1 aromatic rings. The van der Waals surface area contributed by atoms with Crippen molar-refractivity contribution in [2.24, 2.45) is 0 Å². The van der Waals surface area contributed by atoms with Crippen LogP contribution in [0.15, 0.2) is 22.7 Å². The minimum absolute atomic E-state index is 0.186. The Balaban J connectivity index is 2.14. The fourth-order valence-corrected chi connectivity index (χ4v) is 3.17. The first-order valence-corrected chi connectivity index (χ1v) is 9.07. The van der Waals surface area contributed by atoms with Gasteiger partial charge in [-0.1, -0.05) is 22.9 Å². The molecule has 6 nitrogen and oxygen atoms in total. The van der Waals surface area contributed by atoms with Gasteiger partial charge in [-0.15, -0.1) is 0 Å². The second-order valence-electron chi connectivity index (χ2n) is 7.07. The maximum Gasteiger partial charge on any atom is 0.411 e. The van der Waals surface area contributed by atoms with Gasteiger partial charge in [0.2, 0.25) is 0 Å². The summed E-state index contributed by atoms with van der Waals surface area (Å²) in [5.74, 6) is -0.339. The normalized spacial score (nSPS) is 20.4. The number of benzene rings is 1. The molecule has 1 aliphatic heterocycles. The van der Waals surface area contributed by atoms with Crippen LogP contribution in [-0.4, -0.2) is 46.4 Å². The Morgan fingerprint density at radius 3 is 2.60 bits per heavy atom. The number of aryl methyl sites for hydroxylation is 1. The van der Waals surface area contributed by atoms with E-state index in [1.54, 1.807) is 20.8 Å². The highest BCUT2D eigenvalue weighted by Gasteiger charge is 2.42. The number of carbonyl (C=O) groups is 2. The topological polar surface area (TPSA) is 76.1 Å². The smallest absolute Gasteiger partial charge is 0.411 e. The van der Waals surface area contributed by atoms with E-state index in [2.05, 4.69) is 15.9 Å². The predicted octanol–water partition coefficient (Wildman–Crippen LogP) is 3.85. The van der Waals surface area contributed by atoms with E-state index >= 15 is 0 Å². The van der Waals surface area contributed by atoms with E-state index in [9.17, 15) is 14.7 Å². The van der Waals surface area contributed by atoms with Gasteiger partial charge >= 0.3 is 12.1 Å². The zero-order valence-electron chi connectivity index (χ0n) is 14.9. The van der Waals surface area contributed by atoms with Crippen LogP contribution in [0.25, 0.3) is 0 Å². The SMILES string of the molecule is CCc1cc(Br)ccc1O[C@@H]1C[C@H](C(=O)O)N(C(=O)OC(C)(C)C)C1. The van der Waals surface area contributed by atoms with E-state index in [1.807, 2.05) is 25.1 Å². The van der Waals surface area contributed by atoms with Crippen LogP contribution in [-0.2, 0) is 16.0 Å². The van der Waals surface area contributed by atoms with Gasteiger partial charge in [0.05, 0.1) is 6.54 Å². The summed E-state index contributed by atoms with van der Waals surface area (Å²) in [5, 5.41) is 9.44. The van der Waals surface area contributed by atoms with Crippen molar-refractivity contribution in [2.75, 3.05) is 6.54 Å². The average Bonchev–Trinajstić information content (AvgIpc) is 2.91. The predicted molar refractivity (Wildman–Crippen MR) is 96.9 cm³/mol. The van der Waals surface area contributed by atoms with Crippen molar-refractivity contribution in [3.05, 3.63) is 28.2 Å². The Morgan fingerprint density at radius 1 is 1.36 bits per heavy atom. The van der Waals surface area contributed by atoms with Gasteiger partial charge in [0, 0.05) is 10.9 Å². The van der Waals surface area contributed by atoms with Crippen molar-refractivity contribution in [3.8, 4) is 5.75 Å². The molecule has 0 spiro atoms. The summed E-state index contributed by atoms with van der Waals surface area (Å²) >= 11 is 3.43. The van der Waals surface area contributed by atoms with Crippen molar-refractivity contribution < 1.29 is 24.2 Å². The van der Waals surface area contributed by atoms with Gasteiger partial charge in [-0.3, -0.25) is 4.90 Å². The van der Waals surface area contributed by atoms with Crippen molar-refractivity contribution in [3.63, 3.8) is 0 Å². The molecule has 2 atom stereocenters. The van der Waals surface area contributed by atoms with Crippen LogP contribution < -0.4 is 4.74 Å². The number of hydrogen-bond acceptors (Lipinski definition) is 4. The lowest BCUT2D eigenvalue weighted by atomic mass is 10.1. The lowest BCUT2D eigenvalue weighted by molar-refractivity contribution is -0.142. The molecular formula is C18H24BrNO5. The van der Waals surface area contributed by atoms with Gasteiger partial charge in [0.25, 0.3) is 0 Å². The van der Waals surface area contributed by atoms with Crippen LogP contribution in [0.4, 0.5) is 4.79 Å². The Labute approximate surface area is 156 Å². The molecular weight excluding hydrogens is 390 g/mol. The number of carboxylic acid groups (broad SMARTS) is 1. The number of nitrogens with zero attached hydrogens (tertiary/aromatic N) is 1. The van der Waals surface area contributed by atoms with Crippen LogP contribution in [0.5, 0.6) is 5.75 Å². The van der Waals surface area contributed by atoms with E-state index in [0.29, 0.717) is 5.75 Å². The number of rotatable bonds is 4. The van der Waals surface area contributed by atoms with Crippen LogP contribution >= 0.6 is 15.9 Å². The quantitative estimate of drug-likeness (QED) is 0.810. The van der Waals surface area contributed by atoms with Crippen LogP contribution in [0.2, 0.25) is 0 Å². The zero-order valence-corrected chi connectivity index (χ0v) is 16.5. The standard InChI is InChI=1S/C18H24BrNO5/c1-5-11-8-12(19)6-7-15(11)24-13-9-14(16(21)22)20(10-13)17(23)25-18(2,3)4/h6-8,13-14H,5,9-10H2,1-4H3,(H,21,22)/t13-,14-/m1/s1. The molecule has 25 heavy (non-hydrogen) atoms. The highest BCUT2D eigenvalue weighted by atomic mass is 79.9. The molecule has 138 valence electrons. The molecule has 0 bridgehead atoms. The molecule has 0 aromatic heterocycles. The third-order valence-electron chi connectivity index (χ3n) is 3.87. The van der Waals surface area contributed by atoms with Crippen molar-refractivity contribution in [1.82, 2.24) is 4.90 Å². The highest BCUT2D eigenvalue weighted by Crippen LogP contribution is 2.29. The summed E-state index contributed by atoms with van der Waals surface area (Å²) in [6.45, 7) is 7.46. The Morgan fingerprint density at radius 2 is 2.04 bits per heavy atom. The number of carbonyl (C=O) groups excluding carboxylic acids is 1. The van der Waals surface area contributed by atoms with E-state index in [0.717, 1.165) is 16.5 Å². The Bertz CT molecular complexity index is 655. The van der Waals surface area contributed by atoms with Crippen LogP contribution in [0.1, 0.15) is 39.7 Å². The van der Waals surface area contributed by atoms with E-state index in [4.69, 9.17) is 9.47 Å². The molecule has 0 radical (unpaired) electrons. The summed E-state index contributed by atoms with van der Waals surface area (Å²) < 4.78 is 12.3. The molecule has 1 aromatic carbocycles. The minimum atomic E-state index is -1.05. The number of halogens is 1. The Kier molecular flexibility index (Phi) is 5.98. The largest absolute Gasteiger partial charge is 0.488 e. The van der Waals surface area contributed by atoms with Gasteiger partial charge < -0.3 is 14.6 Å². The highest BCUT2D eigenvalue weighted by molar-refractivity contribution is 9.10. The van der Waals surface area contributed by atoms with Gasteiger partial charge in [-0.25, -0.2) is 9.59 Å². The molecule has 1 N–H and O–H groups in total. The molecule has 1 fully saturated rings. The Hall–Kier alpha value is -1.76. The first-order valence-electron chi connectivity index (χ1n) is 8.28. The fourth-order valence-electron chi connectivity index (χ4n) is 2.76. The molecule has 1 amide bonds. The minimum Gasteiger partial charge on any atom is -0.488 e. The lowest BCUT2D eigenvalue weighted by Gasteiger charge is -2.26. The first-order chi connectivity index (χ1) is 11.6. The first kappa shape index (κ1) is 19.6. The molecule has 1 aliphatic rings. The number of aliphatic carboxylic acids is 1.